The van der Waals surface area contributed by atoms with Crippen LogP contribution in [-0.2, 0) is 0 Å². The molecule has 0 unspecified atom stereocenters. The van der Waals surface area contributed by atoms with Crippen LogP contribution in [0.25, 0.3) is 15.9 Å². The van der Waals surface area contributed by atoms with Crippen LogP contribution in [0.5, 0.6) is 0 Å². The number of ketones is 2. The van der Waals surface area contributed by atoms with E-state index in [9.17, 15) is 9.59 Å². The highest BCUT2D eigenvalue weighted by molar-refractivity contribution is 7.18. The van der Waals surface area contributed by atoms with E-state index in [1.165, 1.54) is 16.9 Å². The van der Waals surface area contributed by atoms with E-state index in [1.54, 1.807) is 12.1 Å². The Balaban J connectivity index is 1.52. The molecular formula is C30H26N2O2S. The third kappa shape index (κ3) is 4.47. The van der Waals surface area contributed by atoms with E-state index in [4.69, 9.17) is 4.98 Å². The highest BCUT2D eigenvalue weighted by Crippen LogP contribution is 2.33. The van der Waals surface area contributed by atoms with Gasteiger partial charge in [-0.05, 0) is 51.1 Å². The molecule has 1 atom stereocenters. The van der Waals surface area contributed by atoms with Crippen molar-refractivity contribution < 1.29 is 9.59 Å². The van der Waals surface area contributed by atoms with Gasteiger partial charge in [0.1, 0.15) is 5.01 Å². The number of thiazole rings is 1. The summed E-state index contributed by atoms with van der Waals surface area (Å²) in [6, 6.07) is 27.2. The number of benzene rings is 3. The van der Waals surface area contributed by atoms with Gasteiger partial charge in [0.15, 0.2) is 11.6 Å². The Labute approximate surface area is 208 Å². The van der Waals surface area contributed by atoms with Gasteiger partial charge in [-0.15, -0.1) is 11.3 Å². The van der Waals surface area contributed by atoms with Crippen molar-refractivity contribution in [2.24, 2.45) is 0 Å². The number of hydrogen-bond acceptors (Lipinski definition) is 4. The van der Waals surface area contributed by atoms with Crippen molar-refractivity contribution in [3.63, 3.8) is 0 Å². The minimum atomic E-state index is -0.635. The molecule has 0 amide bonds. The van der Waals surface area contributed by atoms with Crippen molar-refractivity contribution in [3.8, 4) is 5.69 Å². The van der Waals surface area contributed by atoms with E-state index < -0.39 is 5.92 Å². The molecule has 3 aromatic carbocycles. The summed E-state index contributed by atoms with van der Waals surface area (Å²) in [7, 11) is 0. The number of para-hydroxylation sites is 1. The van der Waals surface area contributed by atoms with Crippen LogP contribution in [0.2, 0.25) is 0 Å². The summed E-state index contributed by atoms with van der Waals surface area (Å²) < 4.78 is 3.11. The van der Waals surface area contributed by atoms with Crippen molar-refractivity contribution in [1.29, 1.82) is 0 Å². The zero-order valence-electron chi connectivity index (χ0n) is 20.0. The summed E-state index contributed by atoms with van der Waals surface area (Å²) in [6.45, 7) is 6.02. The average Bonchev–Trinajstić information content (AvgIpc) is 3.43. The number of nitrogens with zero attached hydrogens (tertiary/aromatic N) is 2. The number of fused-ring (bicyclic) bond motifs is 1. The van der Waals surface area contributed by atoms with Crippen molar-refractivity contribution in [2.75, 3.05) is 0 Å². The Bertz CT molecular complexity index is 1500. The molecule has 0 aliphatic carbocycles. The molecule has 2 heterocycles. The molecule has 0 spiro atoms. The molecule has 5 heteroatoms. The Kier molecular flexibility index (Phi) is 6.18. The molecule has 0 N–H and O–H groups in total. The standard InChI is InChI=1S/C30H26N2O2S/c1-19-13-15-23(16-14-19)32-20(2)17-24(21(32)3)27(33)18-25(29(34)22-9-5-4-6-10-22)30-31-26-11-7-8-12-28(26)35-30/h4-17,25H,18H2,1-3H3/t25-/m1/s1. The first-order valence-corrected chi connectivity index (χ1v) is 12.5. The quantitative estimate of drug-likeness (QED) is 0.231. The second-order valence-corrected chi connectivity index (χ2v) is 9.95. The molecule has 5 rings (SSSR count). The lowest BCUT2D eigenvalue weighted by Gasteiger charge is -2.14. The van der Waals surface area contributed by atoms with E-state index >= 15 is 0 Å². The molecule has 35 heavy (non-hydrogen) atoms. The summed E-state index contributed by atoms with van der Waals surface area (Å²) in [5.74, 6) is -0.764. The van der Waals surface area contributed by atoms with Gasteiger partial charge in [0.2, 0.25) is 0 Å². The number of aromatic nitrogens is 2. The summed E-state index contributed by atoms with van der Waals surface area (Å²) in [5.41, 5.74) is 6.17. The molecule has 5 aromatic rings. The second-order valence-electron chi connectivity index (χ2n) is 8.89. The summed E-state index contributed by atoms with van der Waals surface area (Å²) in [6.07, 6.45) is 0.0751. The summed E-state index contributed by atoms with van der Waals surface area (Å²) >= 11 is 1.49. The van der Waals surface area contributed by atoms with E-state index in [2.05, 4.69) is 35.8 Å². The number of carbonyl (C=O) groups excluding carboxylic acids is 2. The molecule has 0 bridgehead atoms. The third-order valence-corrected chi connectivity index (χ3v) is 7.55. The van der Waals surface area contributed by atoms with E-state index in [-0.39, 0.29) is 18.0 Å². The average molecular weight is 479 g/mol. The van der Waals surface area contributed by atoms with E-state index in [0.717, 1.165) is 27.3 Å². The van der Waals surface area contributed by atoms with Crippen LogP contribution >= 0.6 is 11.3 Å². The largest absolute Gasteiger partial charge is 0.318 e. The lowest BCUT2D eigenvalue weighted by Crippen LogP contribution is -2.17. The SMILES string of the molecule is Cc1ccc(-n2c(C)cc(C(=O)C[C@H](C(=O)c3ccccc3)c3nc4ccccc4s3)c2C)cc1. The summed E-state index contributed by atoms with van der Waals surface area (Å²) in [4.78, 5) is 32.0. The molecule has 4 nitrogen and oxygen atoms in total. The monoisotopic (exact) mass is 478 g/mol. The van der Waals surface area contributed by atoms with Gasteiger partial charge in [-0.3, -0.25) is 9.59 Å². The molecule has 0 radical (unpaired) electrons. The normalized spacial score (nSPS) is 12.1. The first-order valence-electron chi connectivity index (χ1n) is 11.7. The molecule has 174 valence electrons. The van der Waals surface area contributed by atoms with E-state index in [1.807, 2.05) is 62.4 Å². The lowest BCUT2D eigenvalue weighted by molar-refractivity contribution is 0.0893. The number of aryl methyl sites for hydroxylation is 2. The maximum atomic E-state index is 13.7. The fraction of sp³-hybridized carbons (Fsp3) is 0.167. The van der Waals surface area contributed by atoms with Gasteiger partial charge in [-0.25, -0.2) is 4.98 Å². The van der Waals surface area contributed by atoms with Gasteiger partial charge in [-0.1, -0.05) is 60.2 Å². The van der Waals surface area contributed by atoms with Crippen LogP contribution in [0.4, 0.5) is 0 Å². The number of carbonyl (C=O) groups is 2. The summed E-state index contributed by atoms with van der Waals surface area (Å²) in [5, 5.41) is 0.681. The van der Waals surface area contributed by atoms with Crippen molar-refractivity contribution in [1.82, 2.24) is 9.55 Å². The Morgan fingerprint density at radius 2 is 1.57 bits per heavy atom. The fourth-order valence-corrected chi connectivity index (χ4v) is 5.63. The van der Waals surface area contributed by atoms with Gasteiger partial charge < -0.3 is 4.57 Å². The first kappa shape index (κ1) is 22.9. The molecular weight excluding hydrogens is 452 g/mol. The third-order valence-electron chi connectivity index (χ3n) is 6.40. The minimum Gasteiger partial charge on any atom is -0.318 e. The molecule has 2 aromatic heterocycles. The predicted molar refractivity (Wildman–Crippen MR) is 142 cm³/mol. The fourth-order valence-electron chi connectivity index (χ4n) is 4.57. The van der Waals surface area contributed by atoms with Crippen molar-refractivity contribution >= 4 is 33.1 Å². The topological polar surface area (TPSA) is 52.0 Å². The number of hydrogen-bond donors (Lipinski definition) is 0. The smallest absolute Gasteiger partial charge is 0.173 e. The van der Waals surface area contributed by atoms with Gasteiger partial charge in [0.05, 0.1) is 16.1 Å². The maximum absolute atomic E-state index is 13.7. The number of Topliss-reactive ketones (excluding diaryl/α,β-unsaturated/α-hetero) is 2. The van der Waals surface area contributed by atoms with Crippen LogP contribution < -0.4 is 0 Å². The molecule has 0 saturated heterocycles. The van der Waals surface area contributed by atoms with E-state index in [0.29, 0.717) is 16.1 Å². The zero-order valence-corrected chi connectivity index (χ0v) is 20.8. The van der Waals surface area contributed by atoms with Crippen LogP contribution in [0.15, 0.2) is 84.9 Å². The van der Waals surface area contributed by atoms with Crippen LogP contribution in [0, 0.1) is 20.8 Å². The number of rotatable bonds is 7. The van der Waals surface area contributed by atoms with Crippen LogP contribution in [0.3, 0.4) is 0 Å². The second kappa shape index (κ2) is 9.43. The molecule has 0 fully saturated rings. The molecule has 0 aliphatic heterocycles. The maximum Gasteiger partial charge on any atom is 0.173 e. The van der Waals surface area contributed by atoms with Crippen LogP contribution in [-0.4, -0.2) is 21.1 Å². The first-order chi connectivity index (χ1) is 16.9. The van der Waals surface area contributed by atoms with Gasteiger partial charge in [0.25, 0.3) is 0 Å². The highest BCUT2D eigenvalue weighted by Gasteiger charge is 2.30. The van der Waals surface area contributed by atoms with Gasteiger partial charge >= 0.3 is 0 Å². The zero-order chi connectivity index (χ0) is 24.5. The van der Waals surface area contributed by atoms with Gasteiger partial charge in [-0.2, -0.15) is 0 Å². The highest BCUT2D eigenvalue weighted by atomic mass is 32.1. The predicted octanol–water partition coefficient (Wildman–Crippen LogP) is 7.25. The van der Waals surface area contributed by atoms with Crippen molar-refractivity contribution in [3.05, 3.63) is 118 Å². The van der Waals surface area contributed by atoms with Gasteiger partial charge in [0, 0.05) is 34.6 Å². The minimum absolute atomic E-state index is 0.0509. The lowest BCUT2D eigenvalue weighted by atomic mass is 9.91. The van der Waals surface area contributed by atoms with Crippen LogP contribution in [0.1, 0.15) is 55.0 Å². The molecule has 0 saturated carbocycles. The molecule has 0 aliphatic rings. The van der Waals surface area contributed by atoms with Crippen molar-refractivity contribution in [2.45, 2.75) is 33.1 Å². The Morgan fingerprint density at radius 3 is 2.29 bits per heavy atom. The Hall–Kier alpha value is -3.83. The Morgan fingerprint density at radius 1 is 0.886 bits per heavy atom.